The molecule has 3 aromatic rings. The van der Waals surface area contributed by atoms with Crippen molar-refractivity contribution in [2.75, 3.05) is 0 Å². The molecule has 0 saturated carbocycles. The summed E-state index contributed by atoms with van der Waals surface area (Å²) >= 11 is 12.9. The number of hydrogen-bond donors (Lipinski definition) is 0. The van der Waals surface area contributed by atoms with Crippen LogP contribution in [0.15, 0.2) is 48.8 Å². The molecule has 3 rings (SSSR count). The van der Waals surface area contributed by atoms with Crippen LogP contribution in [0.5, 0.6) is 0 Å². The van der Waals surface area contributed by atoms with E-state index < -0.39 is 0 Å². The van der Waals surface area contributed by atoms with E-state index in [1.807, 2.05) is 10.9 Å². The lowest BCUT2D eigenvalue weighted by atomic mass is 10.1. The van der Waals surface area contributed by atoms with Crippen molar-refractivity contribution in [1.29, 1.82) is 0 Å². The topological polar surface area (TPSA) is 8.81 Å². The molecule has 0 unspecified atom stereocenters. The monoisotopic (exact) mass is 454 g/mol. The fourth-order valence-electron chi connectivity index (χ4n) is 3.19. The van der Waals surface area contributed by atoms with Crippen molar-refractivity contribution in [2.45, 2.75) is 52.1 Å². The van der Waals surface area contributed by atoms with E-state index in [9.17, 15) is 0 Å². The smallest absolute Gasteiger partial charge is 0.255 e. The number of unbranched alkanes of at least 4 members (excludes halogenated alkanes) is 4. The lowest BCUT2D eigenvalue weighted by molar-refractivity contribution is -0.685. The van der Waals surface area contributed by atoms with Gasteiger partial charge < -0.3 is 17.0 Å². The number of benzene rings is 2. The molecule has 1 heterocycles. The Bertz CT molecular complexity index is 845. The average molecular weight is 456 g/mol. The van der Waals surface area contributed by atoms with Crippen molar-refractivity contribution in [2.24, 2.45) is 0 Å². The van der Waals surface area contributed by atoms with Crippen LogP contribution in [0.1, 0.15) is 44.6 Å². The van der Waals surface area contributed by atoms with E-state index in [2.05, 4.69) is 54.0 Å². The summed E-state index contributed by atoms with van der Waals surface area (Å²) in [6.45, 7) is 3.89. The first-order valence-corrected chi connectivity index (χ1v) is 9.86. The highest BCUT2D eigenvalue weighted by atomic mass is 79.9. The zero-order valence-electron chi connectivity index (χ0n) is 15.1. The summed E-state index contributed by atoms with van der Waals surface area (Å²) in [7, 11) is 0. The van der Waals surface area contributed by atoms with Crippen LogP contribution in [0.3, 0.4) is 0 Å². The second-order valence-electron chi connectivity index (χ2n) is 6.61. The number of aryl methyl sites for hydroxylation is 1. The van der Waals surface area contributed by atoms with E-state index >= 15 is 0 Å². The average Bonchev–Trinajstić information content (AvgIpc) is 2.89. The Balaban J connectivity index is 0.00000243. The summed E-state index contributed by atoms with van der Waals surface area (Å²) in [5.74, 6) is 0. The Labute approximate surface area is 176 Å². The van der Waals surface area contributed by atoms with Crippen LogP contribution in [-0.4, -0.2) is 4.57 Å². The maximum Gasteiger partial charge on any atom is 0.255 e. The zero-order chi connectivity index (χ0) is 17.6. The fraction of sp³-hybridized carbons (Fsp3) is 0.381. The molecule has 0 atom stereocenters. The van der Waals surface area contributed by atoms with Crippen LogP contribution in [0.25, 0.3) is 10.8 Å². The van der Waals surface area contributed by atoms with Gasteiger partial charge >= 0.3 is 0 Å². The van der Waals surface area contributed by atoms with E-state index in [1.54, 1.807) is 0 Å². The van der Waals surface area contributed by atoms with Gasteiger partial charge in [0, 0.05) is 0 Å². The Morgan fingerprint density at radius 3 is 2.42 bits per heavy atom. The number of fused-ring (bicyclic) bond motifs is 1. The van der Waals surface area contributed by atoms with Crippen molar-refractivity contribution in [1.82, 2.24) is 4.57 Å². The Kier molecular flexibility index (Phi) is 8.46. The van der Waals surface area contributed by atoms with Gasteiger partial charge in [0.15, 0.2) is 0 Å². The van der Waals surface area contributed by atoms with Gasteiger partial charge in [0.1, 0.15) is 6.54 Å². The van der Waals surface area contributed by atoms with E-state index in [4.69, 9.17) is 23.2 Å². The summed E-state index contributed by atoms with van der Waals surface area (Å²) in [5.41, 5.74) is 1.22. The van der Waals surface area contributed by atoms with Gasteiger partial charge in [0.05, 0.1) is 6.54 Å². The van der Waals surface area contributed by atoms with Gasteiger partial charge in [-0.3, -0.25) is 0 Å². The molecule has 5 heteroatoms. The van der Waals surface area contributed by atoms with Crippen LogP contribution >= 0.6 is 23.2 Å². The van der Waals surface area contributed by atoms with Crippen molar-refractivity contribution < 1.29 is 21.5 Å². The third kappa shape index (κ3) is 5.25. The normalized spacial score (nSPS) is 10.9. The summed E-state index contributed by atoms with van der Waals surface area (Å²) in [4.78, 5) is 0. The highest BCUT2D eigenvalue weighted by molar-refractivity contribution is 6.39. The van der Waals surface area contributed by atoms with Crippen molar-refractivity contribution in [3.63, 3.8) is 0 Å². The predicted octanol–water partition coefficient (Wildman–Crippen LogP) is 3.26. The minimum Gasteiger partial charge on any atom is -1.00 e. The molecule has 0 aliphatic rings. The number of aromatic nitrogens is 2. The highest BCUT2D eigenvalue weighted by Gasteiger charge is 2.20. The van der Waals surface area contributed by atoms with E-state index in [0.29, 0.717) is 10.3 Å². The molecule has 26 heavy (non-hydrogen) atoms. The fourth-order valence-corrected chi connectivity index (χ4v) is 3.64. The maximum atomic E-state index is 6.45. The van der Waals surface area contributed by atoms with Gasteiger partial charge in [0.25, 0.3) is 10.3 Å². The van der Waals surface area contributed by atoms with Crippen LogP contribution in [0, 0.1) is 0 Å². The standard InChI is InChI=1S/C21H25Cl2N2.BrH/c1-2-3-4-5-8-13-24-16-25(21(23)20(24)22)15-17-11-12-18-9-6-7-10-19(18)14-17;/h6-7,9-12,14,16H,2-5,8,13,15H2,1H3;1H/q+1;/p-1. The number of imidazole rings is 1. The molecule has 0 fully saturated rings. The Morgan fingerprint density at radius 1 is 0.923 bits per heavy atom. The third-order valence-corrected chi connectivity index (χ3v) is 5.51. The van der Waals surface area contributed by atoms with Gasteiger partial charge in [-0.15, -0.1) is 0 Å². The molecule has 0 amide bonds. The summed E-state index contributed by atoms with van der Waals surface area (Å²) < 4.78 is 4.09. The molecule has 0 radical (unpaired) electrons. The minimum atomic E-state index is 0. The first kappa shape index (κ1) is 21.3. The van der Waals surface area contributed by atoms with Crippen molar-refractivity contribution in [3.8, 4) is 0 Å². The molecular formula is C21H25BrCl2N2. The van der Waals surface area contributed by atoms with E-state index in [1.165, 1.54) is 42.0 Å². The zero-order valence-corrected chi connectivity index (χ0v) is 18.2. The van der Waals surface area contributed by atoms with Gasteiger partial charge in [-0.2, -0.15) is 0 Å². The van der Waals surface area contributed by atoms with E-state index in [-0.39, 0.29) is 17.0 Å². The second kappa shape index (κ2) is 10.3. The molecule has 0 N–H and O–H groups in total. The number of halogens is 3. The number of rotatable bonds is 8. The van der Waals surface area contributed by atoms with Crippen molar-refractivity contribution in [3.05, 3.63) is 64.7 Å². The van der Waals surface area contributed by atoms with Crippen LogP contribution in [-0.2, 0) is 13.1 Å². The molecule has 0 spiro atoms. The SMILES string of the molecule is CCCCCCCn1c[n+](Cc2ccc3ccccc3c2)c(Cl)c1Cl.[Br-]. The lowest BCUT2D eigenvalue weighted by Crippen LogP contribution is -3.00. The van der Waals surface area contributed by atoms with Crippen LogP contribution in [0.2, 0.25) is 10.3 Å². The first-order chi connectivity index (χ1) is 12.2. The molecule has 2 nitrogen and oxygen atoms in total. The minimum absolute atomic E-state index is 0. The van der Waals surface area contributed by atoms with Gasteiger partial charge in [0.2, 0.25) is 6.33 Å². The quantitative estimate of drug-likeness (QED) is 0.364. The predicted molar refractivity (Wildman–Crippen MR) is 106 cm³/mol. The summed E-state index contributed by atoms with van der Waals surface area (Å²) in [6, 6.07) is 14.9. The number of hydrogen-bond acceptors (Lipinski definition) is 0. The highest BCUT2D eigenvalue weighted by Crippen LogP contribution is 2.21. The van der Waals surface area contributed by atoms with Gasteiger partial charge in [-0.1, -0.05) is 62.6 Å². The maximum absolute atomic E-state index is 6.45. The number of nitrogens with zero attached hydrogens (tertiary/aromatic N) is 2. The largest absolute Gasteiger partial charge is 1.00 e. The van der Waals surface area contributed by atoms with Crippen LogP contribution < -0.4 is 21.5 Å². The Hall–Kier alpha value is -1.03. The van der Waals surface area contributed by atoms with Crippen molar-refractivity contribution >= 4 is 34.0 Å². The Morgan fingerprint density at radius 2 is 1.65 bits per heavy atom. The van der Waals surface area contributed by atoms with Gasteiger partial charge in [-0.05, 0) is 58.4 Å². The molecule has 0 aliphatic heterocycles. The third-order valence-electron chi connectivity index (χ3n) is 4.62. The first-order valence-electron chi connectivity index (χ1n) is 9.10. The molecule has 0 saturated heterocycles. The summed E-state index contributed by atoms with van der Waals surface area (Å²) in [6.07, 6.45) is 8.29. The molecule has 0 aliphatic carbocycles. The molecule has 0 bridgehead atoms. The molecular weight excluding hydrogens is 431 g/mol. The lowest BCUT2D eigenvalue weighted by Gasteiger charge is -2.02. The molecule has 2 aromatic carbocycles. The molecule has 140 valence electrons. The van der Waals surface area contributed by atoms with Crippen LogP contribution in [0.4, 0.5) is 0 Å². The van der Waals surface area contributed by atoms with Gasteiger partial charge in [-0.25, -0.2) is 9.13 Å². The van der Waals surface area contributed by atoms with E-state index in [0.717, 1.165) is 19.5 Å². The summed E-state index contributed by atoms with van der Waals surface area (Å²) in [5, 5.41) is 3.75. The molecule has 1 aromatic heterocycles. The second-order valence-corrected chi connectivity index (χ2v) is 7.33.